The molecule has 1 aromatic carbocycles. The van der Waals surface area contributed by atoms with Gasteiger partial charge in [-0.3, -0.25) is 4.79 Å². The lowest BCUT2D eigenvalue weighted by atomic mass is 10.1. The second kappa shape index (κ2) is 8.11. The Kier molecular flexibility index (Phi) is 6.80. The third-order valence-corrected chi connectivity index (χ3v) is 3.82. The maximum Gasteiger partial charge on any atom is 0.251 e. The summed E-state index contributed by atoms with van der Waals surface area (Å²) < 4.78 is 22.2. The molecule has 0 saturated carbocycles. The van der Waals surface area contributed by atoms with E-state index in [1.807, 2.05) is 0 Å². The fraction of sp³-hybridized carbons (Fsp3) is 0.500. The molecule has 7 heteroatoms. The van der Waals surface area contributed by atoms with E-state index in [4.69, 9.17) is 10.9 Å². The van der Waals surface area contributed by atoms with Crippen LogP contribution in [0.15, 0.2) is 24.3 Å². The molecule has 1 unspecified atom stereocenters. The molecule has 0 aliphatic carbocycles. The van der Waals surface area contributed by atoms with Crippen molar-refractivity contribution >= 4 is 15.9 Å². The molecule has 0 aromatic heterocycles. The number of carbonyl (C=O) groups excluding carboxylic acids is 1. The number of primary sulfonamides is 1. The Morgan fingerprint density at radius 2 is 2.10 bits per heavy atom. The molecule has 5 N–H and O–H groups in total. The molecule has 1 amide bonds. The molecule has 0 heterocycles. The van der Waals surface area contributed by atoms with E-state index < -0.39 is 10.0 Å². The Morgan fingerprint density at radius 1 is 1.38 bits per heavy atom. The molecule has 0 spiro atoms. The van der Waals surface area contributed by atoms with E-state index in [9.17, 15) is 13.2 Å². The minimum Gasteiger partial charge on any atom is -0.348 e. The number of hydrogen-bond acceptors (Lipinski definition) is 4. The Morgan fingerprint density at radius 3 is 2.67 bits per heavy atom. The highest BCUT2D eigenvalue weighted by atomic mass is 32.2. The van der Waals surface area contributed by atoms with Gasteiger partial charge in [0, 0.05) is 18.2 Å². The van der Waals surface area contributed by atoms with Gasteiger partial charge in [-0.1, -0.05) is 31.9 Å². The van der Waals surface area contributed by atoms with Crippen molar-refractivity contribution in [3.05, 3.63) is 35.4 Å². The van der Waals surface area contributed by atoms with Crippen molar-refractivity contribution in [2.45, 2.75) is 38.0 Å². The van der Waals surface area contributed by atoms with Gasteiger partial charge < -0.3 is 11.1 Å². The third kappa shape index (κ3) is 6.70. The highest BCUT2D eigenvalue weighted by Gasteiger charge is 2.13. The third-order valence-electron chi connectivity index (χ3n) is 3.08. The molecule has 0 saturated heterocycles. The summed E-state index contributed by atoms with van der Waals surface area (Å²) in [6.45, 7) is 2.45. The Bertz CT molecular complexity index is 573. The van der Waals surface area contributed by atoms with Crippen molar-refractivity contribution in [3.63, 3.8) is 0 Å². The first-order chi connectivity index (χ1) is 9.85. The van der Waals surface area contributed by atoms with E-state index in [1.165, 1.54) is 6.07 Å². The second-order valence-electron chi connectivity index (χ2n) is 5.06. The number of hydrogen-bond donors (Lipinski definition) is 3. The van der Waals surface area contributed by atoms with Gasteiger partial charge in [-0.25, -0.2) is 13.6 Å². The molecular weight excluding hydrogens is 290 g/mol. The first-order valence-electron chi connectivity index (χ1n) is 6.96. The van der Waals surface area contributed by atoms with Crippen molar-refractivity contribution < 1.29 is 13.2 Å². The van der Waals surface area contributed by atoms with Gasteiger partial charge in [0.25, 0.3) is 5.91 Å². The molecule has 1 atom stereocenters. The molecule has 1 rings (SSSR count). The molecule has 1 aromatic rings. The molecule has 0 bridgehead atoms. The van der Waals surface area contributed by atoms with Crippen LogP contribution >= 0.6 is 0 Å². The summed E-state index contributed by atoms with van der Waals surface area (Å²) in [5.74, 6) is -0.539. The fourth-order valence-corrected chi connectivity index (χ4v) is 2.65. The standard InChI is InChI=1S/C14H23N3O3S/c1-2-3-7-13(9-15)17-14(18)12-6-4-5-11(8-12)10-21(16,19)20/h4-6,8,13H,2-3,7,9-10,15H2,1H3,(H,17,18)(H2,16,19,20). The highest BCUT2D eigenvalue weighted by molar-refractivity contribution is 7.88. The summed E-state index contributed by atoms with van der Waals surface area (Å²) in [4.78, 5) is 12.1. The van der Waals surface area contributed by atoms with Crippen molar-refractivity contribution in [2.75, 3.05) is 6.54 Å². The molecular formula is C14H23N3O3S. The summed E-state index contributed by atoms with van der Waals surface area (Å²) in [5.41, 5.74) is 6.54. The Balaban J connectivity index is 2.75. The summed E-state index contributed by atoms with van der Waals surface area (Å²) in [6, 6.07) is 6.36. The smallest absolute Gasteiger partial charge is 0.251 e. The van der Waals surface area contributed by atoms with Gasteiger partial charge in [-0.15, -0.1) is 0 Å². The fourth-order valence-electron chi connectivity index (χ4n) is 2.00. The van der Waals surface area contributed by atoms with Crippen LogP contribution in [0.2, 0.25) is 0 Å². The largest absolute Gasteiger partial charge is 0.348 e. The monoisotopic (exact) mass is 313 g/mol. The number of unbranched alkanes of at least 4 members (excludes halogenated alkanes) is 1. The molecule has 6 nitrogen and oxygen atoms in total. The van der Waals surface area contributed by atoms with Crippen LogP contribution in [0.4, 0.5) is 0 Å². The van der Waals surface area contributed by atoms with E-state index in [0.29, 0.717) is 17.7 Å². The first kappa shape index (κ1) is 17.6. The van der Waals surface area contributed by atoms with Gasteiger partial charge in [-0.2, -0.15) is 0 Å². The van der Waals surface area contributed by atoms with E-state index in [-0.39, 0.29) is 17.7 Å². The van der Waals surface area contributed by atoms with Crippen molar-refractivity contribution in [3.8, 4) is 0 Å². The number of sulfonamides is 1. The van der Waals surface area contributed by atoms with Gasteiger partial charge in [-0.05, 0) is 24.1 Å². The van der Waals surface area contributed by atoms with Crippen molar-refractivity contribution in [2.24, 2.45) is 10.9 Å². The van der Waals surface area contributed by atoms with Crippen LogP contribution in [0, 0.1) is 0 Å². The van der Waals surface area contributed by atoms with Crippen LogP contribution in [0.1, 0.15) is 42.1 Å². The van der Waals surface area contributed by atoms with Crippen molar-refractivity contribution in [1.82, 2.24) is 5.32 Å². The second-order valence-corrected chi connectivity index (χ2v) is 6.67. The minimum absolute atomic E-state index is 0.0700. The Hall–Kier alpha value is -1.44. The average molecular weight is 313 g/mol. The molecule has 0 aliphatic rings. The number of carbonyl (C=O) groups is 1. The molecule has 0 radical (unpaired) electrons. The highest BCUT2D eigenvalue weighted by Crippen LogP contribution is 2.09. The minimum atomic E-state index is -3.61. The van der Waals surface area contributed by atoms with E-state index in [0.717, 1.165) is 19.3 Å². The topological polar surface area (TPSA) is 115 Å². The predicted molar refractivity (Wildman–Crippen MR) is 83.1 cm³/mol. The number of nitrogens with two attached hydrogens (primary N) is 2. The number of benzene rings is 1. The molecule has 0 aliphatic heterocycles. The van der Waals surface area contributed by atoms with E-state index in [2.05, 4.69) is 12.2 Å². The zero-order valence-electron chi connectivity index (χ0n) is 12.2. The molecule has 0 fully saturated rings. The van der Waals surface area contributed by atoms with Crippen LogP contribution in [-0.2, 0) is 15.8 Å². The van der Waals surface area contributed by atoms with Crippen LogP contribution < -0.4 is 16.2 Å². The summed E-state index contributed by atoms with van der Waals surface area (Å²) >= 11 is 0. The van der Waals surface area contributed by atoms with E-state index in [1.54, 1.807) is 18.2 Å². The van der Waals surface area contributed by atoms with Gasteiger partial charge in [0.15, 0.2) is 0 Å². The lowest BCUT2D eigenvalue weighted by Crippen LogP contribution is -2.40. The molecule has 118 valence electrons. The first-order valence-corrected chi connectivity index (χ1v) is 8.67. The zero-order valence-corrected chi connectivity index (χ0v) is 13.0. The Labute approximate surface area is 126 Å². The van der Waals surface area contributed by atoms with Crippen LogP contribution in [0.3, 0.4) is 0 Å². The normalized spacial score (nSPS) is 12.9. The van der Waals surface area contributed by atoms with Gasteiger partial charge in [0.1, 0.15) is 0 Å². The zero-order chi connectivity index (χ0) is 15.9. The SMILES string of the molecule is CCCCC(CN)NC(=O)c1cccc(CS(N)(=O)=O)c1. The lowest BCUT2D eigenvalue weighted by molar-refractivity contribution is 0.0935. The quantitative estimate of drug-likeness (QED) is 0.656. The predicted octanol–water partition coefficient (Wildman–Crippen LogP) is 0.722. The maximum atomic E-state index is 12.1. The molecule has 21 heavy (non-hydrogen) atoms. The van der Waals surface area contributed by atoms with Gasteiger partial charge in [0.2, 0.25) is 10.0 Å². The number of nitrogens with one attached hydrogen (secondary N) is 1. The number of amides is 1. The van der Waals surface area contributed by atoms with Gasteiger partial charge in [0.05, 0.1) is 5.75 Å². The van der Waals surface area contributed by atoms with Crippen LogP contribution in [0.25, 0.3) is 0 Å². The van der Waals surface area contributed by atoms with Crippen LogP contribution in [-0.4, -0.2) is 26.9 Å². The lowest BCUT2D eigenvalue weighted by Gasteiger charge is -2.16. The van der Waals surface area contributed by atoms with Crippen molar-refractivity contribution in [1.29, 1.82) is 0 Å². The summed E-state index contributed by atoms with van der Waals surface area (Å²) in [7, 11) is -3.61. The number of rotatable bonds is 8. The summed E-state index contributed by atoms with van der Waals surface area (Å²) in [6.07, 6.45) is 2.86. The maximum absolute atomic E-state index is 12.1. The van der Waals surface area contributed by atoms with Crippen LogP contribution in [0.5, 0.6) is 0 Å². The average Bonchev–Trinajstić information content (AvgIpc) is 2.41. The van der Waals surface area contributed by atoms with E-state index >= 15 is 0 Å². The summed E-state index contributed by atoms with van der Waals surface area (Å²) in [5, 5.41) is 7.87. The van der Waals surface area contributed by atoms with Gasteiger partial charge >= 0.3 is 0 Å².